The second kappa shape index (κ2) is 3.40. The van der Waals surface area contributed by atoms with Gasteiger partial charge in [-0.05, 0) is 32.9 Å². The lowest BCUT2D eigenvalue weighted by Crippen LogP contribution is -1.99. The molecule has 0 saturated heterocycles. The van der Waals surface area contributed by atoms with Crippen LogP contribution in [0, 0.1) is 23.5 Å². The number of hydrogen-bond donors (Lipinski definition) is 0. The minimum Gasteiger partial charge on any atom is -0.253 e. The van der Waals surface area contributed by atoms with Gasteiger partial charge in [0.2, 0.25) is 0 Å². The van der Waals surface area contributed by atoms with E-state index in [2.05, 4.69) is 43.8 Å². The van der Waals surface area contributed by atoms with Crippen LogP contribution in [0.5, 0.6) is 0 Å². The third-order valence-electron chi connectivity index (χ3n) is 1.18. The van der Waals surface area contributed by atoms with E-state index in [1.54, 1.807) is 6.20 Å². The molecule has 1 rings (SSSR count). The van der Waals surface area contributed by atoms with Crippen molar-refractivity contribution in [2.45, 2.75) is 20.8 Å². The summed E-state index contributed by atoms with van der Waals surface area (Å²) in [7, 11) is 0. The van der Waals surface area contributed by atoms with Crippen molar-refractivity contribution in [1.29, 1.82) is 0 Å². The molecule has 1 aromatic heterocycles. The molecule has 12 heavy (non-hydrogen) atoms. The third-order valence-corrected chi connectivity index (χ3v) is 1.18. The topological polar surface area (TPSA) is 12.9 Å². The van der Waals surface area contributed by atoms with Gasteiger partial charge in [-0.1, -0.05) is 11.8 Å². The number of hydrogen-bond acceptors (Lipinski definition) is 1. The molecule has 0 spiro atoms. The molecule has 0 aliphatic carbocycles. The molecule has 1 aromatic rings. The summed E-state index contributed by atoms with van der Waals surface area (Å²) in [6.45, 7) is 6.24. The maximum atomic E-state index is 3.86. The summed E-state index contributed by atoms with van der Waals surface area (Å²) in [6, 6.07) is 3.77. The van der Waals surface area contributed by atoms with E-state index in [1.165, 1.54) is 0 Å². The SMILES string of the molecule is CC(C)(C)C#Cc1[c]nccc1. The van der Waals surface area contributed by atoms with Crippen molar-refractivity contribution in [2.75, 3.05) is 0 Å². The molecule has 1 nitrogen and oxygen atoms in total. The molecule has 1 heteroatoms. The van der Waals surface area contributed by atoms with Crippen LogP contribution in [0.2, 0.25) is 0 Å². The summed E-state index contributed by atoms with van der Waals surface area (Å²) in [6.07, 6.45) is 4.51. The molecular weight excluding hydrogens is 146 g/mol. The van der Waals surface area contributed by atoms with Gasteiger partial charge in [0.05, 0.1) is 5.56 Å². The normalized spacial score (nSPS) is 10.2. The predicted octanol–water partition coefficient (Wildman–Crippen LogP) is 2.28. The molecule has 0 bridgehead atoms. The van der Waals surface area contributed by atoms with Crippen LogP contribution in [-0.4, -0.2) is 4.98 Å². The summed E-state index contributed by atoms with van der Waals surface area (Å²) in [5.41, 5.74) is 0.899. The molecule has 0 atom stereocenters. The molecule has 0 saturated carbocycles. The Balaban J connectivity index is 2.81. The first-order chi connectivity index (χ1) is 5.58. The van der Waals surface area contributed by atoms with Crippen LogP contribution in [0.3, 0.4) is 0 Å². The fourth-order valence-corrected chi connectivity index (χ4v) is 0.651. The van der Waals surface area contributed by atoms with Crippen molar-refractivity contribution in [3.8, 4) is 11.8 Å². The number of pyridine rings is 1. The quantitative estimate of drug-likeness (QED) is 0.528. The van der Waals surface area contributed by atoms with E-state index >= 15 is 0 Å². The van der Waals surface area contributed by atoms with E-state index < -0.39 is 0 Å². The number of rotatable bonds is 0. The van der Waals surface area contributed by atoms with Gasteiger partial charge in [0.25, 0.3) is 0 Å². The van der Waals surface area contributed by atoms with Crippen LogP contribution >= 0.6 is 0 Å². The zero-order chi connectivity index (χ0) is 9.03. The fourth-order valence-electron chi connectivity index (χ4n) is 0.651. The lowest BCUT2D eigenvalue weighted by atomic mass is 9.97. The Labute approximate surface area is 73.8 Å². The summed E-state index contributed by atoms with van der Waals surface area (Å²) in [4.78, 5) is 3.86. The highest BCUT2D eigenvalue weighted by molar-refractivity contribution is 5.31. The smallest absolute Gasteiger partial charge is 0.105 e. The third kappa shape index (κ3) is 3.21. The van der Waals surface area contributed by atoms with Crippen LogP contribution in [0.15, 0.2) is 18.3 Å². The Morgan fingerprint density at radius 3 is 2.67 bits per heavy atom. The van der Waals surface area contributed by atoms with Gasteiger partial charge >= 0.3 is 0 Å². The molecule has 0 amide bonds. The largest absolute Gasteiger partial charge is 0.253 e. The van der Waals surface area contributed by atoms with Crippen molar-refractivity contribution in [2.24, 2.45) is 5.41 Å². The maximum Gasteiger partial charge on any atom is 0.105 e. The van der Waals surface area contributed by atoms with E-state index in [0.29, 0.717) is 0 Å². The molecule has 0 aromatic carbocycles. The van der Waals surface area contributed by atoms with E-state index in [-0.39, 0.29) is 5.41 Å². The lowest BCUT2D eigenvalue weighted by Gasteiger charge is -2.06. The summed E-state index contributed by atoms with van der Waals surface area (Å²) < 4.78 is 0. The predicted molar refractivity (Wildman–Crippen MR) is 49.4 cm³/mol. The van der Waals surface area contributed by atoms with Crippen LogP contribution in [0.1, 0.15) is 26.3 Å². The van der Waals surface area contributed by atoms with E-state index in [0.717, 1.165) is 5.56 Å². The first-order valence-electron chi connectivity index (χ1n) is 3.94. The fraction of sp³-hybridized carbons (Fsp3) is 0.364. The highest BCUT2D eigenvalue weighted by atomic mass is 14.6. The minimum atomic E-state index is 0.0453. The van der Waals surface area contributed by atoms with E-state index in [1.807, 2.05) is 12.1 Å². The van der Waals surface area contributed by atoms with Crippen LogP contribution < -0.4 is 0 Å². The van der Waals surface area contributed by atoms with Crippen molar-refractivity contribution < 1.29 is 0 Å². The van der Waals surface area contributed by atoms with Crippen LogP contribution in [-0.2, 0) is 0 Å². The molecule has 0 aliphatic heterocycles. The summed E-state index contributed by atoms with van der Waals surface area (Å²) >= 11 is 0. The first kappa shape index (κ1) is 8.80. The van der Waals surface area contributed by atoms with E-state index in [4.69, 9.17) is 0 Å². The monoisotopic (exact) mass is 158 g/mol. The average molecular weight is 158 g/mol. The minimum absolute atomic E-state index is 0.0453. The van der Waals surface area contributed by atoms with Gasteiger partial charge in [0.15, 0.2) is 0 Å². The van der Waals surface area contributed by atoms with Crippen molar-refractivity contribution in [3.05, 3.63) is 30.1 Å². The second-order valence-electron chi connectivity index (χ2n) is 3.66. The van der Waals surface area contributed by atoms with Gasteiger partial charge in [-0.2, -0.15) is 0 Å². The molecule has 1 heterocycles. The Bertz CT molecular complexity index is 295. The van der Waals surface area contributed by atoms with Crippen LogP contribution in [0.4, 0.5) is 0 Å². The molecule has 0 aliphatic rings. The number of aromatic nitrogens is 1. The highest BCUT2D eigenvalue weighted by Gasteiger charge is 2.02. The van der Waals surface area contributed by atoms with Crippen molar-refractivity contribution >= 4 is 0 Å². The highest BCUT2D eigenvalue weighted by Crippen LogP contribution is 2.10. The number of nitrogens with zero attached hydrogens (tertiary/aromatic N) is 1. The van der Waals surface area contributed by atoms with E-state index in [9.17, 15) is 0 Å². The van der Waals surface area contributed by atoms with Gasteiger partial charge < -0.3 is 0 Å². The average Bonchev–Trinajstić information content (AvgIpc) is 2.02. The van der Waals surface area contributed by atoms with Gasteiger partial charge in [0.1, 0.15) is 6.20 Å². The standard InChI is InChI=1S/C11H12N/c1-11(2,3)7-6-10-5-4-8-12-9-10/h4-5,8H,1-3H3. The van der Waals surface area contributed by atoms with Gasteiger partial charge in [0, 0.05) is 11.6 Å². The molecule has 0 fully saturated rings. The zero-order valence-corrected chi connectivity index (χ0v) is 7.68. The van der Waals surface area contributed by atoms with Gasteiger partial charge in [-0.3, -0.25) is 4.98 Å². The Morgan fingerprint density at radius 2 is 2.17 bits per heavy atom. The van der Waals surface area contributed by atoms with Crippen LogP contribution in [0.25, 0.3) is 0 Å². The molecular formula is C11H12N. The first-order valence-corrected chi connectivity index (χ1v) is 3.94. The Hall–Kier alpha value is -1.29. The van der Waals surface area contributed by atoms with Gasteiger partial charge in [-0.25, -0.2) is 0 Å². The second-order valence-corrected chi connectivity index (χ2v) is 3.66. The van der Waals surface area contributed by atoms with Crippen molar-refractivity contribution in [1.82, 2.24) is 4.98 Å². The molecule has 0 N–H and O–H groups in total. The Morgan fingerprint density at radius 1 is 1.42 bits per heavy atom. The van der Waals surface area contributed by atoms with Gasteiger partial charge in [-0.15, -0.1) is 0 Å². The zero-order valence-electron chi connectivity index (χ0n) is 7.68. The lowest BCUT2D eigenvalue weighted by molar-refractivity contribution is 0.571. The molecule has 1 radical (unpaired) electrons. The Kier molecular flexibility index (Phi) is 2.50. The van der Waals surface area contributed by atoms with Crippen molar-refractivity contribution in [3.63, 3.8) is 0 Å². The maximum absolute atomic E-state index is 3.86. The summed E-state index contributed by atoms with van der Waals surface area (Å²) in [5, 5.41) is 0. The summed E-state index contributed by atoms with van der Waals surface area (Å²) in [5.74, 6) is 6.13. The molecule has 0 unspecified atom stereocenters. The molecule has 61 valence electrons.